The summed E-state index contributed by atoms with van der Waals surface area (Å²) < 4.78 is 1.29. The van der Waals surface area contributed by atoms with Gasteiger partial charge in [0, 0.05) is 13.3 Å². The Morgan fingerprint density at radius 2 is 2.42 bits per heavy atom. The second-order valence-corrected chi connectivity index (χ2v) is 5.59. The van der Waals surface area contributed by atoms with E-state index in [-0.39, 0.29) is 29.1 Å². The van der Waals surface area contributed by atoms with Crippen LogP contribution in [0.5, 0.6) is 0 Å². The van der Waals surface area contributed by atoms with Gasteiger partial charge >= 0.3 is 5.69 Å². The van der Waals surface area contributed by atoms with E-state index in [2.05, 4.69) is 15.3 Å². The smallest absolute Gasteiger partial charge is 0.353 e. The van der Waals surface area contributed by atoms with E-state index in [1.807, 2.05) is 0 Å². The molecular formula is C10H14N4O4S. The van der Waals surface area contributed by atoms with Crippen LogP contribution in [0.1, 0.15) is 18.7 Å². The highest BCUT2D eigenvalue weighted by atomic mass is 32.2. The standard InChI is InChI=1S/C10H14N4O4S/c1-5(16)12-9-11-4-14(10(18)13-9)8-2-6(17)7(3-15)19-8/h4,6-8,15,17H,2-3H2,1H3,(H,12,13,16,18)/t6?,7-,8-/m1/s1. The highest BCUT2D eigenvalue weighted by Gasteiger charge is 2.34. The fraction of sp³-hybridized carbons (Fsp3) is 0.600. The number of aliphatic hydroxyl groups excluding tert-OH is 2. The number of aliphatic hydroxyl groups is 2. The minimum Gasteiger partial charge on any atom is -0.395 e. The molecule has 1 unspecified atom stereocenters. The number of rotatable bonds is 3. The maximum absolute atomic E-state index is 11.8. The number of hydrogen-bond acceptors (Lipinski definition) is 7. The Morgan fingerprint density at radius 1 is 1.68 bits per heavy atom. The molecule has 0 saturated carbocycles. The molecule has 0 aliphatic carbocycles. The number of amides is 1. The molecule has 0 spiro atoms. The van der Waals surface area contributed by atoms with Crippen molar-refractivity contribution >= 4 is 23.6 Å². The van der Waals surface area contributed by atoms with Crippen molar-refractivity contribution in [1.29, 1.82) is 0 Å². The van der Waals surface area contributed by atoms with Crippen molar-refractivity contribution in [2.24, 2.45) is 0 Å². The lowest BCUT2D eigenvalue weighted by Crippen LogP contribution is -2.27. The van der Waals surface area contributed by atoms with Gasteiger partial charge in [0.25, 0.3) is 0 Å². The normalized spacial score (nSPS) is 26.4. The molecule has 1 aliphatic rings. The van der Waals surface area contributed by atoms with Crippen molar-refractivity contribution in [3.05, 3.63) is 16.8 Å². The van der Waals surface area contributed by atoms with Gasteiger partial charge in [0.2, 0.25) is 11.9 Å². The van der Waals surface area contributed by atoms with Crippen molar-refractivity contribution in [3.63, 3.8) is 0 Å². The Morgan fingerprint density at radius 3 is 2.95 bits per heavy atom. The topological polar surface area (TPSA) is 117 Å². The molecule has 3 atom stereocenters. The fourth-order valence-corrected chi connectivity index (χ4v) is 3.18. The van der Waals surface area contributed by atoms with E-state index >= 15 is 0 Å². The van der Waals surface area contributed by atoms with Crippen LogP contribution in [0, 0.1) is 0 Å². The maximum atomic E-state index is 11.8. The van der Waals surface area contributed by atoms with Crippen molar-refractivity contribution in [2.45, 2.75) is 30.1 Å². The summed E-state index contributed by atoms with van der Waals surface area (Å²) in [6, 6.07) is 0. The first-order valence-corrected chi connectivity index (χ1v) is 6.62. The highest BCUT2D eigenvalue weighted by molar-refractivity contribution is 8.00. The van der Waals surface area contributed by atoms with Gasteiger partial charge in [-0.15, -0.1) is 11.8 Å². The number of nitrogens with one attached hydrogen (secondary N) is 1. The zero-order valence-corrected chi connectivity index (χ0v) is 11.0. The molecule has 0 radical (unpaired) electrons. The molecule has 2 heterocycles. The van der Waals surface area contributed by atoms with E-state index < -0.39 is 11.8 Å². The second kappa shape index (κ2) is 5.68. The van der Waals surface area contributed by atoms with Gasteiger partial charge in [-0.2, -0.15) is 4.98 Å². The first-order chi connectivity index (χ1) is 9.01. The monoisotopic (exact) mass is 286 g/mol. The van der Waals surface area contributed by atoms with Gasteiger partial charge in [0.1, 0.15) is 6.33 Å². The maximum Gasteiger partial charge on any atom is 0.353 e. The number of carbonyl (C=O) groups excluding carboxylic acids is 1. The predicted molar refractivity (Wildman–Crippen MR) is 68.7 cm³/mol. The summed E-state index contributed by atoms with van der Waals surface area (Å²) in [5, 5.41) is 20.5. The van der Waals surface area contributed by atoms with Gasteiger partial charge in [-0.1, -0.05) is 0 Å². The molecule has 1 aromatic heterocycles. The number of aromatic nitrogens is 3. The Labute approximate surface area is 112 Å². The van der Waals surface area contributed by atoms with Gasteiger partial charge in [0.15, 0.2) is 0 Å². The minimum absolute atomic E-state index is 0.0454. The molecule has 1 fully saturated rings. The van der Waals surface area contributed by atoms with Gasteiger partial charge < -0.3 is 10.2 Å². The second-order valence-electron chi connectivity index (χ2n) is 4.17. The van der Waals surface area contributed by atoms with Crippen LogP contribution in [-0.2, 0) is 4.79 Å². The quantitative estimate of drug-likeness (QED) is 0.649. The van der Waals surface area contributed by atoms with E-state index in [9.17, 15) is 14.7 Å². The first-order valence-electron chi connectivity index (χ1n) is 5.68. The summed E-state index contributed by atoms with van der Waals surface area (Å²) >= 11 is 1.30. The van der Waals surface area contributed by atoms with Crippen LogP contribution in [0.25, 0.3) is 0 Å². The van der Waals surface area contributed by atoms with Crippen molar-refractivity contribution in [1.82, 2.24) is 14.5 Å². The minimum atomic E-state index is -0.665. The van der Waals surface area contributed by atoms with E-state index in [1.165, 1.54) is 29.6 Å². The molecule has 8 nitrogen and oxygen atoms in total. The van der Waals surface area contributed by atoms with Crippen LogP contribution >= 0.6 is 11.8 Å². The molecule has 0 bridgehead atoms. The summed E-state index contributed by atoms with van der Waals surface area (Å²) in [5.41, 5.74) is -0.554. The fourth-order valence-electron chi connectivity index (χ4n) is 1.81. The van der Waals surface area contributed by atoms with E-state index in [0.29, 0.717) is 6.42 Å². The van der Waals surface area contributed by atoms with Crippen LogP contribution in [0.2, 0.25) is 0 Å². The van der Waals surface area contributed by atoms with Gasteiger partial charge in [-0.05, 0) is 0 Å². The summed E-state index contributed by atoms with van der Waals surface area (Å²) in [5.74, 6) is -0.404. The molecule has 104 valence electrons. The van der Waals surface area contributed by atoms with E-state index in [0.717, 1.165) is 0 Å². The number of thioether (sulfide) groups is 1. The lowest BCUT2D eigenvalue weighted by molar-refractivity contribution is -0.114. The molecule has 1 aliphatic heterocycles. The lowest BCUT2D eigenvalue weighted by Gasteiger charge is -2.12. The lowest BCUT2D eigenvalue weighted by atomic mass is 10.2. The third-order valence-electron chi connectivity index (χ3n) is 2.71. The third kappa shape index (κ3) is 3.11. The largest absolute Gasteiger partial charge is 0.395 e. The van der Waals surface area contributed by atoms with Crippen LogP contribution in [0.3, 0.4) is 0 Å². The molecule has 1 saturated heterocycles. The SMILES string of the molecule is CC(=O)Nc1ncn([C@H]2CC(O)[C@@H](CO)S2)c(=O)n1. The molecule has 1 aromatic rings. The molecular weight excluding hydrogens is 272 g/mol. The summed E-state index contributed by atoms with van der Waals surface area (Å²) in [6.45, 7) is 1.14. The zero-order valence-electron chi connectivity index (χ0n) is 10.2. The molecule has 3 N–H and O–H groups in total. The Hall–Kier alpha value is -1.45. The molecule has 19 heavy (non-hydrogen) atoms. The Balaban J connectivity index is 2.18. The van der Waals surface area contributed by atoms with Crippen molar-refractivity contribution in [2.75, 3.05) is 11.9 Å². The summed E-state index contributed by atoms with van der Waals surface area (Å²) in [6.07, 6.45) is 0.963. The number of carbonyl (C=O) groups is 1. The van der Waals surface area contributed by atoms with Crippen molar-refractivity contribution in [3.8, 4) is 0 Å². The van der Waals surface area contributed by atoms with Crippen LogP contribution in [0.15, 0.2) is 11.1 Å². The molecule has 2 rings (SSSR count). The Kier molecular flexibility index (Phi) is 4.17. The average Bonchev–Trinajstić information content (AvgIpc) is 2.69. The van der Waals surface area contributed by atoms with E-state index in [1.54, 1.807) is 0 Å². The van der Waals surface area contributed by atoms with Gasteiger partial charge in [-0.3, -0.25) is 14.7 Å². The van der Waals surface area contributed by atoms with Gasteiger partial charge in [-0.25, -0.2) is 9.78 Å². The first kappa shape index (κ1) is 14.0. The number of anilines is 1. The molecule has 9 heteroatoms. The number of hydrogen-bond donors (Lipinski definition) is 3. The molecule has 0 aromatic carbocycles. The highest BCUT2D eigenvalue weighted by Crippen LogP contribution is 2.40. The predicted octanol–water partition coefficient (Wildman–Crippen LogP) is -1.05. The third-order valence-corrected chi connectivity index (χ3v) is 4.26. The van der Waals surface area contributed by atoms with Crippen LogP contribution in [0.4, 0.5) is 5.95 Å². The zero-order chi connectivity index (χ0) is 14.0. The average molecular weight is 286 g/mol. The number of nitrogens with zero attached hydrogens (tertiary/aromatic N) is 3. The Bertz CT molecular complexity index is 535. The summed E-state index contributed by atoms with van der Waals surface area (Å²) in [7, 11) is 0. The van der Waals surface area contributed by atoms with E-state index in [4.69, 9.17) is 5.11 Å². The van der Waals surface area contributed by atoms with Crippen molar-refractivity contribution < 1.29 is 15.0 Å². The van der Waals surface area contributed by atoms with Crippen LogP contribution < -0.4 is 11.0 Å². The molecule has 1 amide bonds. The van der Waals surface area contributed by atoms with Crippen LogP contribution in [-0.4, -0.2) is 48.6 Å². The van der Waals surface area contributed by atoms with Gasteiger partial charge in [0.05, 0.1) is 23.3 Å². The summed E-state index contributed by atoms with van der Waals surface area (Å²) in [4.78, 5) is 30.1.